The molecular formula is C16H25BrClN3O2. The summed E-state index contributed by atoms with van der Waals surface area (Å²) >= 11 is 3.47. The van der Waals surface area contributed by atoms with E-state index in [1.807, 2.05) is 24.3 Å². The first-order valence-electron chi connectivity index (χ1n) is 7.33. The SMILES string of the molecule is CC(N)C(C)C(=O)NCCC(=O)N(C)Cc1ccccc1Br.Cl. The molecule has 7 heteroatoms. The Morgan fingerprint density at radius 3 is 2.48 bits per heavy atom. The van der Waals surface area contributed by atoms with Gasteiger partial charge in [-0.15, -0.1) is 12.4 Å². The van der Waals surface area contributed by atoms with Crippen molar-refractivity contribution in [2.45, 2.75) is 32.9 Å². The van der Waals surface area contributed by atoms with Crippen LogP contribution in [0.4, 0.5) is 0 Å². The average molecular weight is 407 g/mol. The van der Waals surface area contributed by atoms with Gasteiger partial charge in [0.15, 0.2) is 0 Å². The molecular weight excluding hydrogens is 382 g/mol. The van der Waals surface area contributed by atoms with E-state index in [9.17, 15) is 9.59 Å². The van der Waals surface area contributed by atoms with Crippen LogP contribution in [0.25, 0.3) is 0 Å². The molecule has 23 heavy (non-hydrogen) atoms. The first-order valence-corrected chi connectivity index (χ1v) is 8.13. The fourth-order valence-electron chi connectivity index (χ4n) is 1.85. The van der Waals surface area contributed by atoms with E-state index in [1.165, 1.54) is 0 Å². The van der Waals surface area contributed by atoms with Gasteiger partial charge in [0.25, 0.3) is 0 Å². The molecule has 0 saturated carbocycles. The van der Waals surface area contributed by atoms with E-state index in [-0.39, 0.29) is 42.6 Å². The van der Waals surface area contributed by atoms with Gasteiger partial charge in [-0.2, -0.15) is 0 Å². The molecule has 0 aromatic heterocycles. The van der Waals surface area contributed by atoms with Gasteiger partial charge >= 0.3 is 0 Å². The zero-order valence-corrected chi connectivity index (χ0v) is 16.1. The Kier molecular flexibility index (Phi) is 10.1. The molecule has 1 aromatic carbocycles. The van der Waals surface area contributed by atoms with E-state index in [0.29, 0.717) is 13.1 Å². The molecule has 1 aromatic rings. The summed E-state index contributed by atoms with van der Waals surface area (Å²) in [5.41, 5.74) is 6.73. The molecule has 0 bridgehead atoms. The van der Waals surface area contributed by atoms with Gasteiger partial charge in [0, 0.05) is 43.0 Å². The summed E-state index contributed by atoms with van der Waals surface area (Å²) in [4.78, 5) is 25.5. The highest BCUT2D eigenvalue weighted by Crippen LogP contribution is 2.17. The van der Waals surface area contributed by atoms with E-state index in [2.05, 4.69) is 21.2 Å². The lowest BCUT2D eigenvalue weighted by molar-refractivity contribution is -0.130. The van der Waals surface area contributed by atoms with Crippen LogP contribution in [-0.2, 0) is 16.1 Å². The third-order valence-electron chi connectivity index (χ3n) is 3.63. The zero-order chi connectivity index (χ0) is 16.7. The van der Waals surface area contributed by atoms with Crippen molar-refractivity contribution < 1.29 is 9.59 Å². The van der Waals surface area contributed by atoms with Crippen LogP contribution in [-0.4, -0.2) is 36.3 Å². The molecule has 0 aliphatic carbocycles. The molecule has 130 valence electrons. The molecule has 3 N–H and O–H groups in total. The van der Waals surface area contributed by atoms with Crippen molar-refractivity contribution in [2.75, 3.05) is 13.6 Å². The minimum atomic E-state index is -0.256. The third-order valence-corrected chi connectivity index (χ3v) is 4.41. The molecule has 2 amide bonds. The van der Waals surface area contributed by atoms with Crippen LogP contribution in [0, 0.1) is 5.92 Å². The fraction of sp³-hybridized carbons (Fsp3) is 0.500. The number of amides is 2. The van der Waals surface area contributed by atoms with Crippen LogP contribution in [0.3, 0.4) is 0 Å². The number of hydrogen-bond donors (Lipinski definition) is 2. The van der Waals surface area contributed by atoms with Crippen LogP contribution >= 0.6 is 28.3 Å². The van der Waals surface area contributed by atoms with Crippen LogP contribution in [0.5, 0.6) is 0 Å². The van der Waals surface area contributed by atoms with Gasteiger partial charge in [0.1, 0.15) is 0 Å². The molecule has 2 atom stereocenters. The quantitative estimate of drug-likeness (QED) is 0.729. The van der Waals surface area contributed by atoms with Crippen molar-refractivity contribution in [2.24, 2.45) is 11.7 Å². The first-order chi connectivity index (χ1) is 10.3. The largest absolute Gasteiger partial charge is 0.355 e. The minimum absolute atomic E-state index is 0. The van der Waals surface area contributed by atoms with Gasteiger partial charge in [-0.1, -0.05) is 41.1 Å². The lowest BCUT2D eigenvalue weighted by Crippen LogP contribution is -2.40. The molecule has 0 spiro atoms. The summed E-state index contributed by atoms with van der Waals surface area (Å²) in [5.74, 6) is -0.381. The van der Waals surface area contributed by atoms with E-state index >= 15 is 0 Å². The highest BCUT2D eigenvalue weighted by Gasteiger charge is 2.17. The molecule has 1 rings (SSSR count). The number of nitrogens with zero attached hydrogens (tertiary/aromatic N) is 1. The van der Waals surface area contributed by atoms with Crippen LogP contribution < -0.4 is 11.1 Å². The Morgan fingerprint density at radius 1 is 1.30 bits per heavy atom. The van der Waals surface area contributed by atoms with E-state index < -0.39 is 0 Å². The Labute approximate surface area is 152 Å². The molecule has 0 aliphatic rings. The molecule has 0 saturated heterocycles. The van der Waals surface area contributed by atoms with Crippen molar-refractivity contribution in [3.05, 3.63) is 34.3 Å². The topological polar surface area (TPSA) is 75.4 Å². The molecule has 0 aliphatic heterocycles. The molecule has 5 nitrogen and oxygen atoms in total. The highest BCUT2D eigenvalue weighted by molar-refractivity contribution is 9.10. The number of benzene rings is 1. The number of carbonyl (C=O) groups is 2. The maximum atomic E-state index is 12.1. The predicted octanol–water partition coefficient (Wildman–Crippen LogP) is 2.32. The van der Waals surface area contributed by atoms with Crippen molar-refractivity contribution in [3.63, 3.8) is 0 Å². The average Bonchev–Trinajstić information content (AvgIpc) is 2.48. The molecule has 0 radical (unpaired) electrons. The normalized spacial score (nSPS) is 12.7. The smallest absolute Gasteiger partial charge is 0.224 e. The van der Waals surface area contributed by atoms with Crippen molar-refractivity contribution in [1.29, 1.82) is 0 Å². The first kappa shape index (κ1) is 21.9. The van der Waals surface area contributed by atoms with Crippen molar-refractivity contribution in [3.8, 4) is 0 Å². The van der Waals surface area contributed by atoms with E-state index in [0.717, 1.165) is 10.0 Å². The van der Waals surface area contributed by atoms with E-state index in [4.69, 9.17) is 5.73 Å². The summed E-state index contributed by atoms with van der Waals surface area (Å²) in [6.45, 7) is 4.43. The number of carbonyl (C=O) groups excluding carboxylic acids is 2. The summed E-state index contributed by atoms with van der Waals surface area (Å²) in [7, 11) is 1.76. The van der Waals surface area contributed by atoms with Gasteiger partial charge in [0.05, 0.1) is 0 Å². The van der Waals surface area contributed by atoms with Crippen molar-refractivity contribution >= 4 is 40.2 Å². The minimum Gasteiger partial charge on any atom is -0.355 e. The van der Waals surface area contributed by atoms with E-state index in [1.54, 1.807) is 25.8 Å². The second-order valence-corrected chi connectivity index (χ2v) is 6.38. The Balaban J connectivity index is 0.00000484. The standard InChI is InChI=1S/C16H24BrN3O2.ClH/c1-11(12(2)18)16(22)19-9-8-15(21)20(3)10-13-6-4-5-7-14(13)17;/h4-7,11-12H,8-10,18H2,1-3H3,(H,19,22);1H. The Hall–Kier alpha value is -1.11. The third kappa shape index (κ3) is 7.33. The summed E-state index contributed by atoms with van der Waals surface area (Å²) in [6.07, 6.45) is 0.276. The highest BCUT2D eigenvalue weighted by atomic mass is 79.9. The van der Waals surface area contributed by atoms with Crippen LogP contribution in [0.15, 0.2) is 28.7 Å². The van der Waals surface area contributed by atoms with Crippen LogP contribution in [0.2, 0.25) is 0 Å². The summed E-state index contributed by atoms with van der Waals surface area (Å²) < 4.78 is 0.980. The molecule has 0 heterocycles. The molecule has 0 fully saturated rings. The number of rotatable bonds is 7. The summed E-state index contributed by atoms with van der Waals surface area (Å²) in [6, 6.07) is 7.59. The Morgan fingerprint density at radius 2 is 1.91 bits per heavy atom. The van der Waals surface area contributed by atoms with Crippen LogP contribution in [0.1, 0.15) is 25.8 Å². The fourth-order valence-corrected chi connectivity index (χ4v) is 2.26. The second-order valence-electron chi connectivity index (χ2n) is 5.53. The summed E-state index contributed by atoms with van der Waals surface area (Å²) in [5, 5.41) is 2.75. The predicted molar refractivity (Wildman–Crippen MR) is 98.3 cm³/mol. The lowest BCUT2D eigenvalue weighted by Gasteiger charge is -2.19. The zero-order valence-electron chi connectivity index (χ0n) is 13.7. The van der Waals surface area contributed by atoms with Gasteiger partial charge in [-0.25, -0.2) is 0 Å². The number of nitrogens with one attached hydrogen (secondary N) is 1. The number of halogens is 2. The Bertz CT molecular complexity index is 526. The maximum absolute atomic E-state index is 12.1. The van der Waals surface area contributed by atoms with Gasteiger partial charge in [-0.05, 0) is 18.6 Å². The monoisotopic (exact) mass is 405 g/mol. The maximum Gasteiger partial charge on any atom is 0.224 e. The molecule has 2 unspecified atom stereocenters. The second kappa shape index (κ2) is 10.6. The number of hydrogen-bond acceptors (Lipinski definition) is 3. The van der Waals surface area contributed by atoms with Gasteiger partial charge in [-0.3, -0.25) is 9.59 Å². The van der Waals surface area contributed by atoms with Gasteiger partial charge < -0.3 is 16.0 Å². The van der Waals surface area contributed by atoms with Gasteiger partial charge in [0.2, 0.25) is 11.8 Å². The number of nitrogens with two attached hydrogens (primary N) is 1. The lowest BCUT2D eigenvalue weighted by atomic mass is 10.0. The van der Waals surface area contributed by atoms with Crippen molar-refractivity contribution in [1.82, 2.24) is 10.2 Å².